The van der Waals surface area contributed by atoms with Crippen molar-refractivity contribution in [3.8, 4) is 0 Å². The van der Waals surface area contributed by atoms with Gasteiger partial charge in [-0.3, -0.25) is 4.79 Å². The van der Waals surface area contributed by atoms with E-state index in [1.807, 2.05) is 18.4 Å². The molecule has 0 unspecified atom stereocenters. The van der Waals surface area contributed by atoms with E-state index in [1.165, 1.54) is 11.3 Å². The molecular weight excluding hydrogens is 312 g/mol. The van der Waals surface area contributed by atoms with Crippen LogP contribution in [0.4, 0.5) is 0 Å². The van der Waals surface area contributed by atoms with E-state index in [0.717, 1.165) is 15.9 Å². The molecule has 0 aromatic carbocycles. The highest BCUT2D eigenvalue weighted by Crippen LogP contribution is 2.19. The first-order chi connectivity index (χ1) is 7.13. The number of rotatable bonds is 5. The number of nitrogens with one attached hydrogen (secondary N) is 2. The lowest BCUT2D eigenvalue weighted by Gasteiger charge is -2.12. The van der Waals surface area contributed by atoms with Crippen LogP contribution in [0.15, 0.2) is 15.9 Å². The molecule has 16 heavy (non-hydrogen) atoms. The lowest BCUT2D eigenvalue weighted by molar-refractivity contribution is 0.0954. The Morgan fingerprint density at radius 1 is 1.62 bits per heavy atom. The highest BCUT2D eigenvalue weighted by atomic mass is 79.9. The Morgan fingerprint density at radius 3 is 2.81 bits per heavy atom. The van der Waals surface area contributed by atoms with Crippen molar-refractivity contribution in [1.82, 2.24) is 10.6 Å². The molecule has 0 bridgehead atoms. The fourth-order valence-corrected chi connectivity index (χ4v) is 2.53. The van der Waals surface area contributed by atoms with E-state index in [1.54, 1.807) is 0 Å². The Morgan fingerprint density at radius 2 is 2.31 bits per heavy atom. The number of carbonyl (C=O) groups excluding carboxylic acids is 1. The summed E-state index contributed by atoms with van der Waals surface area (Å²) in [7, 11) is 0. The molecule has 0 saturated heterocycles. The van der Waals surface area contributed by atoms with Crippen molar-refractivity contribution in [2.75, 3.05) is 13.1 Å². The molecule has 2 N–H and O–H groups in total. The molecule has 1 aromatic rings. The topological polar surface area (TPSA) is 41.1 Å². The van der Waals surface area contributed by atoms with E-state index < -0.39 is 0 Å². The fourth-order valence-electron chi connectivity index (χ4n) is 1.19. The molecule has 0 aliphatic heterocycles. The minimum absolute atomic E-state index is 0. The SMILES string of the molecule is CCN[C@H](C)CNC(=O)c1cc(Br)cs1.Cl. The van der Waals surface area contributed by atoms with Crippen molar-refractivity contribution in [3.63, 3.8) is 0 Å². The molecule has 0 radical (unpaired) electrons. The highest BCUT2D eigenvalue weighted by Gasteiger charge is 2.08. The zero-order chi connectivity index (χ0) is 11.3. The molecule has 1 heterocycles. The number of halogens is 2. The molecule has 92 valence electrons. The molecule has 0 saturated carbocycles. The van der Waals surface area contributed by atoms with Gasteiger partial charge in [0.25, 0.3) is 5.91 Å². The summed E-state index contributed by atoms with van der Waals surface area (Å²) in [4.78, 5) is 12.4. The molecule has 0 aliphatic rings. The van der Waals surface area contributed by atoms with Gasteiger partial charge in [0.1, 0.15) is 0 Å². The zero-order valence-corrected chi connectivity index (χ0v) is 12.5. The third kappa shape index (κ3) is 5.30. The molecule has 3 nitrogen and oxygen atoms in total. The second kappa shape index (κ2) is 8.06. The van der Waals surface area contributed by atoms with Crippen LogP contribution >= 0.6 is 39.7 Å². The molecule has 0 spiro atoms. The number of carbonyl (C=O) groups is 1. The molecule has 1 amide bonds. The van der Waals surface area contributed by atoms with Gasteiger partial charge in [-0.05, 0) is 35.5 Å². The predicted octanol–water partition coefficient (Wildman–Crippen LogP) is 2.66. The second-order valence-electron chi connectivity index (χ2n) is 3.30. The van der Waals surface area contributed by atoms with Crippen molar-refractivity contribution in [2.24, 2.45) is 0 Å². The number of amides is 1. The maximum Gasteiger partial charge on any atom is 0.261 e. The smallest absolute Gasteiger partial charge is 0.261 e. The Bertz CT molecular complexity index is 332. The monoisotopic (exact) mass is 326 g/mol. The maximum absolute atomic E-state index is 11.6. The van der Waals surface area contributed by atoms with E-state index in [0.29, 0.717) is 12.6 Å². The van der Waals surface area contributed by atoms with Crippen LogP contribution in [0.5, 0.6) is 0 Å². The van der Waals surface area contributed by atoms with E-state index >= 15 is 0 Å². The Balaban J connectivity index is 0.00000225. The summed E-state index contributed by atoms with van der Waals surface area (Å²) >= 11 is 4.77. The lowest BCUT2D eigenvalue weighted by Crippen LogP contribution is -2.38. The summed E-state index contributed by atoms with van der Waals surface area (Å²) in [6.45, 7) is 5.67. The normalized spacial score (nSPS) is 11.7. The average molecular weight is 328 g/mol. The van der Waals surface area contributed by atoms with E-state index in [9.17, 15) is 4.79 Å². The highest BCUT2D eigenvalue weighted by molar-refractivity contribution is 9.10. The van der Waals surface area contributed by atoms with Crippen LogP contribution < -0.4 is 10.6 Å². The summed E-state index contributed by atoms with van der Waals surface area (Å²) in [5.74, 6) is -0.00421. The van der Waals surface area contributed by atoms with Gasteiger partial charge in [-0.25, -0.2) is 0 Å². The Hall–Kier alpha value is -0.100. The van der Waals surface area contributed by atoms with Gasteiger partial charge < -0.3 is 10.6 Å². The molecular formula is C10H16BrClN2OS. The van der Waals surface area contributed by atoms with E-state index in [2.05, 4.69) is 33.5 Å². The minimum Gasteiger partial charge on any atom is -0.350 e. The van der Waals surface area contributed by atoms with Gasteiger partial charge in [-0.2, -0.15) is 0 Å². The Labute approximate surface area is 115 Å². The average Bonchev–Trinajstić information content (AvgIpc) is 2.62. The van der Waals surface area contributed by atoms with Gasteiger partial charge in [0.2, 0.25) is 0 Å². The van der Waals surface area contributed by atoms with Crippen LogP contribution in [-0.2, 0) is 0 Å². The van der Waals surface area contributed by atoms with Crippen LogP contribution in [0, 0.1) is 0 Å². The quantitative estimate of drug-likeness (QED) is 0.873. The summed E-state index contributed by atoms with van der Waals surface area (Å²) < 4.78 is 0.956. The van der Waals surface area contributed by atoms with E-state index in [4.69, 9.17) is 0 Å². The van der Waals surface area contributed by atoms with Crippen molar-refractivity contribution in [2.45, 2.75) is 19.9 Å². The zero-order valence-electron chi connectivity index (χ0n) is 9.25. The first-order valence-electron chi connectivity index (χ1n) is 4.89. The van der Waals surface area contributed by atoms with Crippen molar-refractivity contribution in [1.29, 1.82) is 0 Å². The number of hydrogen-bond donors (Lipinski definition) is 2. The van der Waals surface area contributed by atoms with Gasteiger partial charge in [0, 0.05) is 22.4 Å². The third-order valence-electron chi connectivity index (χ3n) is 1.91. The first kappa shape index (κ1) is 15.9. The predicted molar refractivity (Wildman–Crippen MR) is 74.7 cm³/mol. The maximum atomic E-state index is 11.6. The van der Waals surface area contributed by atoms with Gasteiger partial charge in [-0.15, -0.1) is 23.7 Å². The molecule has 1 aromatic heterocycles. The van der Waals surface area contributed by atoms with Gasteiger partial charge in [-0.1, -0.05) is 6.92 Å². The van der Waals surface area contributed by atoms with Crippen LogP contribution in [0.2, 0.25) is 0 Å². The molecule has 0 aliphatic carbocycles. The first-order valence-corrected chi connectivity index (χ1v) is 6.56. The van der Waals surface area contributed by atoms with Crippen molar-refractivity contribution in [3.05, 3.63) is 20.8 Å². The van der Waals surface area contributed by atoms with Crippen LogP contribution in [0.25, 0.3) is 0 Å². The molecule has 1 atom stereocenters. The Kier molecular flexibility index (Phi) is 8.01. The summed E-state index contributed by atoms with van der Waals surface area (Å²) in [6.07, 6.45) is 0. The lowest BCUT2D eigenvalue weighted by atomic mass is 10.3. The largest absolute Gasteiger partial charge is 0.350 e. The molecule has 0 fully saturated rings. The standard InChI is InChI=1S/C10H15BrN2OS.ClH/c1-3-12-7(2)5-13-10(14)9-4-8(11)6-15-9;/h4,6-7,12H,3,5H2,1-2H3,(H,13,14);1H/t7-;/m1./s1. The van der Waals surface area contributed by atoms with Gasteiger partial charge >= 0.3 is 0 Å². The van der Waals surface area contributed by atoms with Gasteiger partial charge in [0.15, 0.2) is 0 Å². The fraction of sp³-hybridized carbons (Fsp3) is 0.500. The number of likely N-dealkylation sites (N-methyl/N-ethyl adjacent to an activating group) is 1. The summed E-state index contributed by atoms with van der Waals surface area (Å²) in [6, 6.07) is 2.14. The van der Waals surface area contributed by atoms with Crippen LogP contribution in [-0.4, -0.2) is 25.0 Å². The third-order valence-corrected chi connectivity index (χ3v) is 3.60. The molecule has 1 rings (SSSR count). The van der Waals surface area contributed by atoms with E-state index in [-0.39, 0.29) is 18.3 Å². The van der Waals surface area contributed by atoms with Crippen molar-refractivity contribution >= 4 is 45.6 Å². The minimum atomic E-state index is -0.00421. The summed E-state index contributed by atoms with van der Waals surface area (Å²) in [5.41, 5.74) is 0. The van der Waals surface area contributed by atoms with Gasteiger partial charge in [0.05, 0.1) is 4.88 Å². The van der Waals surface area contributed by atoms with Crippen LogP contribution in [0.1, 0.15) is 23.5 Å². The molecule has 6 heteroatoms. The van der Waals surface area contributed by atoms with Crippen LogP contribution in [0.3, 0.4) is 0 Å². The number of hydrogen-bond acceptors (Lipinski definition) is 3. The van der Waals surface area contributed by atoms with Crippen molar-refractivity contribution < 1.29 is 4.79 Å². The number of thiophene rings is 1. The second-order valence-corrected chi connectivity index (χ2v) is 5.12. The summed E-state index contributed by atoms with van der Waals surface area (Å²) in [5, 5.41) is 8.03.